The lowest BCUT2D eigenvalue weighted by atomic mass is 9.98. The minimum atomic E-state index is -0.631. The van der Waals surface area contributed by atoms with Gasteiger partial charge in [0.25, 0.3) is 0 Å². The van der Waals surface area contributed by atoms with Crippen molar-refractivity contribution in [2.75, 3.05) is 40.1 Å². The zero-order valence-corrected chi connectivity index (χ0v) is 23.8. The summed E-state index contributed by atoms with van der Waals surface area (Å²) in [6, 6.07) is 23.5. The van der Waals surface area contributed by atoms with E-state index in [1.54, 1.807) is 7.11 Å². The van der Waals surface area contributed by atoms with E-state index >= 15 is 0 Å². The van der Waals surface area contributed by atoms with Crippen LogP contribution in [-0.2, 0) is 33.5 Å². The van der Waals surface area contributed by atoms with Crippen LogP contribution in [0, 0.1) is 0 Å². The summed E-state index contributed by atoms with van der Waals surface area (Å²) in [7, 11) is 1.63. The largest absolute Gasteiger partial charge is 0.491 e. The van der Waals surface area contributed by atoms with Crippen LogP contribution in [0.4, 0.5) is 0 Å². The first-order valence-corrected chi connectivity index (χ1v) is 14.0. The molecule has 0 radical (unpaired) electrons. The highest BCUT2D eigenvalue weighted by Gasteiger charge is 2.09. The van der Waals surface area contributed by atoms with Crippen LogP contribution in [0.1, 0.15) is 42.9 Å². The maximum Gasteiger partial charge on any atom is 0.335 e. The van der Waals surface area contributed by atoms with Crippen LogP contribution >= 0.6 is 0 Å². The van der Waals surface area contributed by atoms with E-state index in [1.165, 1.54) is 41.5 Å². The first-order valence-electron chi connectivity index (χ1n) is 14.0. The number of rotatable bonds is 18. The lowest BCUT2D eigenvalue weighted by molar-refractivity contribution is -0.140. The van der Waals surface area contributed by atoms with Crippen molar-refractivity contribution in [3.8, 4) is 22.6 Å². The van der Waals surface area contributed by atoms with Gasteiger partial charge in [-0.2, -0.15) is 0 Å². The van der Waals surface area contributed by atoms with E-state index in [4.69, 9.17) is 24.1 Å². The van der Waals surface area contributed by atoms with Crippen LogP contribution in [0.3, 0.4) is 0 Å². The monoisotopic (exact) mass is 546 g/mol. The van der Waals surface area contributed by atoms with Crippen molar-refractivity contribution in [3.05, 3.63) is 95.6 Å². The number of methoxy groups -OCH3 is 1. The van der Waals surface area contributed by atoms with Crippen molar-refractivity contribution in [1.82, 2.24) is 0 Å². The molecule has 0 atom stereocenters. The normalized spacial score (nSPS) is 10.8. The summed E-state index contributed by atoms with van der Waals surface area (Å²) in [5.74, 6) is 0.702. The number of aryl methyl sites for hydroxylation is 3. The molecule has 6 nitrogen and oxygen atoms in total. The Labute approximate surface area is 238 Å². The van der Waals surface area contributed by atoms with Crippen molar-refractivity contribution in [2.45, 2.75) is 45.4 Å². The standard InChI is InChI=1S/C34H42O6/c1-4-5-6-7-27-10-14-30(15-11-27)31-16-12-28(13-17-31)8-9-29-22-32(38-19-18-37-3)24-33(23-29)39-20-21-40-34(36)26(2)25-35/h10-17,22-24,35H,2,4-9,18-21,25H2,1,3H3. The van der Waals surface area contributed by atoms with Gasteiger partial charge >= 0.3 is 5.97 Å². The van der Waals surface area contributed by atoms with Crippen LogP contribution in [0.2, 0.25) is 0 Å². The van der Waals surface area contributed by atoms with Crippen LogP contribution in [0.15, 0.2) is 78.9 Å². The van der Waals surface area contributed by atoms with E-state index in [0.29, 0.717) is 24.7 Å². The van der Waals surface area contributed by atoms with E-state index in [-0.39, 0.29) is 18.8 Å². The lowest BCUT2D eigenvalue weighted by Gasteiger charge is -2.13. The second-order valence-corrected chi connectivity index (χ2v) is 9.75. The third-order valence-electron chi connectivity index (χ3n) is 6.57. The molecule has 0 aliphatic carbocycles. The fourth-order valence-corrected chi connectivity index (χ4v) is 4.24. The number of carbonyl (C=O) groups is 1. The summed E-state index contributed by atoms with van der Waals surface area (Å²) in [6.07, 6.45) is 6.61. The zero-order valence-electron chi connectivity index (χ0n) is 23.8. The Morgan fingerprint density at radius 3 is 1.82 bits per heavy atom. The fraction of sp³-hybridized carbons (Fsp3) is 0.382. The van der Waals surface area contributed by atoms with Crippen molar-refractivity contribution in [1.29, 1.82) is 0 Å². The second-order valence-electron chi connectivity index (χ2n) is 9.75. The average molecular weight is 547 g/mol. The maximum atomic E-state index is 11.7. The lowest BCUT2D eigenvalue weighted by Crippen LogP contribution is -2.15. The molecule has 214 valence electrons. The van der Waals surface area contributed by atoms with Crippen LogP contribution in [0.5, 0.6) is 11.5 Å². The molecule has 0 saturated carbocycles. The quantitative estimate of drug-likeness (QED) is 0.114. The molecule has 0 bridgehead atoms. The molecule has 6 heteroatoms. The molecule has 0 unspecified atom stereocenters. The first kappa shape index (κ1) is 30.9. The van der Waals surface area contributed by atoms with Crippen molar-refractivity contribution >= 4 is 5.97 Å². The van der Waals surface area contributed by atoms with Gasteiger partial charge in [-0.05, 0) is 65.6 Å². The third kappa shape index (κ3) is 10.5. The molecular weight excluding hydrogens is 504 g/mol. The van der Waals surface area contributed by atoms with Gasteiger partial charge in [0.1, 0.15) is 31.3 Å². The molecule has 0 heterocycles. The molecule has 0 amide bonds. The highest BCUT2D eigenvalue weighted by Crippen LogP contribution is 2.25. The SMILES string of the molecule is C=C(CO)C(=O)OCCOc1cc(CCc2ccc(-c3ccc(CCCCC)cc3)cc2)cc(OCCOC)c1. The molecule has 0 fully saturated rings. The molecule has 3 aromatic rings. The van der Waals surface area contributed by atoms with Crippen molar-refractivity contribution in [3.63, 3.8) is 0 Å². The molecular formula is C34H42O6. The van der Waals surface area contributed by atoms with E-state index in [9.17, 15) is 4.79 Å². The molecule has 0 aliphatic heterocycles. The van der Waals surface area contributed by atoms with Gasteiger partial charge in [-0.25, -0.2) is 4.79 Å². The molecule has 0 saturated heterocycles. The van der Waals surface area contributed by atoms with Gasteiger partial charge < -0.3 is 24.1 Å². The fourth-order valence-electron chi connectivity index (χ4n) is 4.24. The molecule has 40 heavy (non-hydrogen) atoms. The predicted octanol–water partition coefficient (Wildman–Crippen LogP) is 6.37. The number of benzene rings is 3. The summed E-state index contributed by atoms with van der Waals surface area (Å²) < 4.78 is 21.8. The number of ether oxygens (including phenoxy) is 4. The highest BCUT2D eigenvalue weighted by atomic mass is 16.6. The number of unbranched alkanes of at least 4 members (excludes halogenated alkanes) is 2. The minimum Gasteiger partial charge on any atom is -0.491 e. The van der Waals surface area contributed by atoms with E-state index in [0.717, 1.165) is 24.8 Å². The van der Waals surface area contributed by atoms with Gasteiger partial charge in [-0.3, -0.25) is 0 Å². The Balaban J connectivity index is 1.58. The third-order valence-corrected chi connectivity index (χ3v) is 6.57. The molecule has 0 aromatic heterocycles. The molecule has 3 rings (SSSR count). The number of hydrogen-bond donors (Lipinski definition) is 1. The number of carbonyl (C=O) groups excluding carboxylic acids is 1. The van der Waals surface area contributed by atoms with E-state index < -0.39 is 12.6 Å². The smallest absolute Gasteiger partial charge is 0.335 e. The van der Waals surface area contributed by atoms with Crippen LogP contribution < -0.4 is 9.47 Å². The summed E-state index contributed by atoms with van der Waals surface area (Å²) in [6.45, 7) is 6.40. The van der Waals surface area contributed by atoms with E-state index in [1.807, 2.05) is 18.2 Å². The van der Waals surface area contributed by atoms with Gasteiger partial charge in [0, 0.05) is 13.2 Å². The molecule has 1 N–H and O–H groups in total. The Kier molecular flexibility index (Phi) is 13.3. The number of hydrogen-bond acceptors (Lipinski definition) is 6. The second kappa shape index (κ2) is 17.2. The Morgan fingerprint density at radius 2 is 1.27 bits per heavy atom. The van der Waals surface area contributed by atoms with Gasteiger partial charge in [0.05, 0.1) is 18.8 Å². The Morgan fingerprint density at radius 1 is 0.725 bits per heavy atom. The highest BCUT2D eigenvalue weighted by molar-refractivity contribution is 5.87. The Bertz CT molecular complexity index is 1180. The van der Waals surface area contributed by atoms with Crippen LogP contribution in [-0.4, -0.2) is 51.2 Å². The van der Waals surface area contributed by atoms with Gasteiger partial charge in [0.2, 0.25) is 0 Å². The molecule has 3 aromatic carbocycles. The number of aliphatic hydroxyl groups excluding tert-OH is 1. The van der Waals surface area contributed by atoms with E-state index in [2.05, 4.69) is 62.0 Å². The number of aliphatic hydroxyl groups is 1. The summed E-state index contributed by atoms with van der Waals surface area (Å²) in [5.41, 5.74) is 6.21. The summed E-state index contributed by atoms with van der Waals surface area (Å²) in [4.78, 5) is 11.7. The van der Waals surface area contributed by atoms with Crippen molar-refractivity contribution in [2.24, 2.45) is 0 Å². The molecule has 0 aliphatic rings. The zero-order chi connectivity index (χ0) is 28.6. The van der Waals surface area contributed by atoms with Gasteiger partial charge in [-0.1, -0.05) is 74.9 Å². The Hall–Kier alpha value is -3.61. The maximum absolute atomic E-state index is 11.7. The van der Waals surface area contributed by atoms with Crippen molar-refractivity contribution < 1.29 is 28.8 Å². The minimum absolute atomic E-state index is 0.0135. The summed E-state index contributed by atoms with van der Waals surface area (Å²) in [5, 5.41) is 8.97. The van der Waals surface area contributed by atoms with Gasteiger partial charge in [0.15, 0.2) is 0 Å². The first-order chi connectivity index (χ1) is 19.5. The predicted molar refractivity (Wildman–Crippen MR) is 159 cm³/mol. The van der Waals surface area contributed by atoms with Gasteiger partial charge in [-0.15, -0.1) is 0 Å². The topological polar surface area (TPSA) is 74.2 Å². The summed E-state index contributed by atoms with van der Waals surface area (Å²) >= 11 is 0. The van der Waals surface area contributed by atoms with Crippen LogP contribution in [0.25, 0.3) is 11.1 Å². The number of esters is 1. The average Bonchev–Trinajstić information content (AvgIpc) is 2.98. The molecule has 0 spiro atoms.